The molecule has 2 aromatic carbocycles. The van der Waals surface area contributed by atoms with Crippen LogP contribution in [-0.2, 0) is 16.0 Å². The van der Waals surface area contributed by atoms with Crippen molar-refractivity contribution in [3.05, 3.63) is 71.3 Å². The molecule has 0 bridgehead atoms. The van der Waals surface area contributed by atoms with E-state index in [-0.39, 0.29) is 12.1 Å². The number of amides is 1. The average Bonchev–Trinajstić information content (AvgIpc) is 3.06. The Balaban J connectivity index is 1.70. The topological polar surface area (TPSA) is 92.9 Å². The third kappa shape index (κ3) is 4.08. The molecule has 1 aliphatic heterocycles. The van der Waals surface area contributed by atoms with Crippen LogP contribution in [0.5, 0.6) is 0 Å². The summed E-state index contributed by atoms with van der Waals surface area (Å²) in [6.45, 7) is 4.17. The van der Waals surface area contributed by atoms with Crippen LogP contribution in [0.1, 0.15) is 47.9 Å². The van der Waals surface area contributed by atoms with Crippen molar-refractivity contribution in [1.82, 2.24) is 4.90 Å². The summed E-state index contributed by atoms with van der Waals surface area (Å²) in [7, 11) is 0. The monoisotopic (exact) mass is 382 g/mol. The van der Waals surface area contributed by atoms with E-state index in [0.717, 1.165) is 24.0 Å². The van der Waals surface area contributed by atoms with Gasteiger partial charge in [0.1, 0.15) is 0 Å². The molecule has 3 N–H and O–H groups in total. The van der Waals surface area contributed by atoms with Gasteiger partial charge in [-0.05, 0) is 49.9 Å². The molecule has 3 atom stereocenters. The van der Waals surface area contributed by atoms with E-state index in [4.69, 9.17) is 10.5 Å². The molecule has 148 valence electrons. The molecule has 0 spiro atoms. The Labute approximate surface area is 164 Å². The second-order valence-corrected chi connectivity index (χ2v) is 7.41. The number of primary amides is 1. The zero-order valence-electron chi connectivity index (χ0n) is 16.2. The van der Waals surface area contributed by atoms with E-state index >= 15 is 0 Å². The number of hydrogen-bond donors (Lipinski definition) is 2. The predicted octanol–water partition coefficient (Wildman–Crippen LogP) is 2.98. The summed E-state index contributed by atoms with van der Waals surface area (Å²) < 4.78 is 6.00. The average molecular weight is 382 g/mol. The highest BCUT2D eigenvalue weighted by molar-refractivity contribution is 5.92. The second-order valence-electron chi connectivity index (χ2n) is 7.41. The van der Waals surface area contributed by atoms with Gasteiger partial charge in [0.15, 0.2) is 0 Å². The molecule has 1 aliphatic rings. The van der Waals surface area contributed by atoms with Crippen LogP contribution in [0.3, 0.4) is 0 Å². The van der Waals surface area contributed by atoms with Crippen molar-refractivity contribution in [1.29, 1.82) is 0 Å². The van der Waals surface area contributed by atoms with Crippen LogP contribution in [0.25, 0.3) is 0 Å². The van der Waals surface area contributed by atoms with Gasteiger partial charge in [-0.25, -0.2) is 4.79 Å². The van der Waals surface area contributed by atoms with Gasteiger partial charge in [-0.2, -0.15) is 0 Å². The van der Waals surface area contributed by atoms with Crippen LogP contribution in [0.2, 0.25) is 0 Å². The van der Waals surface area contributed by atoms with E-state index in [1.807, 2.05) is 54.3 Å². The summed E-state index contributed by atoms with van der Waals surface area (Å²) in [5, 5.41) is 9.81. The lowest BCUT2D eigenvalue weighted by molar-refractivity contribution is -0.180. The molecule has 3 rings (SSSR count). The SMILES string of the molecule is C[C@H](CCc1ccc(C(N)=O)cc1)N1C[C@@H](c2ccccc2)OC1(C)C(=O)O. The maximum Gasteiger partial charge on any atom is 0.351 e. The first-order valence-electron chi connectivity index (χ1n) is 9.43. The van der Waals surface area contributed by atoms with Crippen LogP contribution in [0, 0.1) is 0 Å². The number of rotatable bonds is 7. The number of carboxylic acid groups (broad SMARTS) is 1. The van der Waals surface area contributed by atoms with Crippen molar-refractivity contribution in [3.8, 4) is 0 Å². The summed E-state index contributed by atoms with van der Waals surface area (Å²) >= 11 is 0. The molecule has 1 fully saturated rings. The fourth-order valence-corrected chi connectivity index (χ4v) is 3.72. The number of aliphatic carboxylic acids is 1. The highest BCUT2D eigenvalue weighted by Gasteiger charge is 2.51. The van der Waals surface area contributed by atoms with Gasteiger partial charge in [0, 0.05) is 18.2 Å². The minimum atomic E-state index is -1.37. The van der Waals surface area contributed by atoms with E-state index < -0.39 is 17.6 Å². The number of benzene rings is 2. The minimum absolute atomic E-state index is 0.00521. The standard InChI is InChI=1S/C22H26N2O4/c1-15(8-9-16-10-12-18(13-11-16)20(23)25)24-14-19(17-6-4-3-5-7-17)28-22(24,2)21(26)27/h3-7,10-13,15,19H,8-9,14H2,1-2H3,(H2,23,25)(H,26,27)/t15-,19+,22?/m1/s1. The maximum absolute atomic E-state index is 12.0. The number of nitrogens with two attached hydrogens (primary N) is 1. The Bertz CT molecular complexity index is 837. The molecular weight excluding hydrogens is 356 g/mol. The maximum atomic E-state index is 12.0. The summed E-state index contributed by atoms with van der Waals surface area (Å²) in [6.07, 6.45) is 1.26. The van der Waals surface area contributed by atoms with Crippen molar-refractivity contribution in [2.24, 2.45) is 5.73 Å². The summed E-state index contributed by atoms with van der Waals surface area (Å²) in [6, 6.07) is 16.9. The molecule has 0 aromatic heterocycles. The van der Waals surface area contributed by atoms with Crippen molar-refractivity contribution in [2.75, 3.05) is 6.54 Å². The molecule has 0 radical (unpaired) electrons. The van der Waals surface area contributed by atoms with Crippen molar-refractivity contribution in [3.63, 3.8) is 0 Å². The molecule has 0 aliphatic carbocycles. The predicted molar refractivity (Wildman–Crippen MR) is 106 cm³/mol. The Kier molecular flexibility index (Phi) is 5.82. The number of ether oxygens (including phenoxy) is 1. The number of aryl methyl sites for hydroxylation is 1. The Morgan fingerprint density at radius 3 is 2.43 bits per heavy atom. The van der Waals surface area contributed by atoms with Gasteiger partial charge < -0.3 is 15.6 Å². The van der Waals surface area contributed by atoms with Crippen LogP contribution in [-0.4, -0.2) is 40.2 Å². The van der Waals surface area contributed by atoms with Crippen LogP contribution >= 0.6 is 0 Å². The van der Waals surface area contributed by atoms with E-state index in [1.54, 1.807) is 19.1 Å². The number of carbonyl (C=O) groups is 2. The van der Waals surface area contributed by atoms with Gasteiger partial charge >= 0.3 is 5.97 Å². The van der Waals surface area contributed by atoms with Crippen molar-refractivity contribution >= 4 is 11.9 Å². The molecule has 1 unspecified atom stereocenters. The summed E-state index contributed by atoms with van der Waals surface area (Å²) in [4.78, 5) is 25.1. The van der Waals surface area contributed by atoms with Crippen molar-refractivity contribution < 1.29 is 19.4 Å². The molecule has 0 saturated carbocycles. The molecule has 1 saturated heterocycles. The van der Waals surface area contributed by atoms with E-state index in [2.05, 4.69) is 0 Å². The fraction of sp³-hybridized carbons (Fsp3) is 0.364. The van der Waals surface area contributed by atoms with Gasteiger partial charge in [-0.15, -0.1) is 0 Å². The molecular formula is C22H26N2O4. The summed E-state index contributed by atoms with van der Waals surface area (Å²) in [5.74, 6) is -1.43. The first-order chi connectivity index (χ1) is 13.3. The normalized spacial score (nSPS) is 23.4. The minimum Gasteiger partial charge on any atom is -0.478 e. The Morgan fingerprint density at radius 2 is 1.86 bits per heavy atom. The molecule has 1 heterocycles. The zero-order valence-corrected chi connectivity index (χ0v) is 16.2. The van der Waals surface area contributed by atoms with Crippen molar-refractivity contribution in [2.45, 2.75) is 44.6 Å². The van der Waals surface area contributed by atoms with E-state index in [1.165, 1.54) is 0 Å². The largest absolute Gasteiger partial charge is 0.478 e. The number of carbonyl (C=O) groups excluding carboxylic acids is 1. The van der Waals surface area contributed by atoms with E-state index in [9.17, 15) is 14.7 Å². The zero-order chi connectivity index (χ0) is 20.3. The van der Waals surface area contributed by atoms with Gasteiger partial charge in [0.2, 0.25) is 11.6 Å². The molecule has 2 aromatic rings. The molecule has 6 heteroatoms. The third-order valence-electron chi connectivity index (χ3n) is 5.47. The van der Waals surface area contributed by atoms with Crippen LogP contribution in [0.15, 0.2) is 54.6 Å². The quantitative estimate of drug-likeness (QED) is 0.768. The molecule has 1 amide bonds. The van der Waals surface area contributed by atoms with Gasteiger partial charge in [-0.3, -0.25) is 9.69 Å². The number of hydrogen-bond acceptors (Lipinski definition) is 4. The first kappa shape index (κ1) is 20.0. The van der Waals surface area contributed by atoms with Crippen LogP contribution < -0.4 is 5.73 Å². The highest BCUT2D eigenvalue weighted by Crippen LogP contribution is 2.38. The third-order valence-corrected chi connectivity index (χ3v) is 5.47. The lowest BCUT2D eigenvalue weighted by Gasteiger charge is -2.34. The first-order valence-corrected chi connectivity index (χ1v) is 9.43. The Morgan fingerprint density at radius 1 is 1.21 bits per heavy atom. The van der Waals surface area contributed by atoms with E-state index in [0.29, 0.717) is 12.1 Å². The fourth-order valence-electron chi connectivity index (χ4n) is 3.72. The lowest BCUT2D eigenvalue weighted by Crippen LogP contribution is -2.52. The number of nitrogens with zero attached hydrogens (tertiary/aromatic N) is 1. The number of carboxylic acids is 1. The Hall–Kier alpha value is -2.70. The highest BCUT2D eigenvalue weighted by atomic mass is 16.6. The summed E-state index contributed by atoms with van der Waals surface area (Å²) in [5.41, 5.74) is 6.44. The molecule has 28 heavy (non-hydrogen) atoms. The second kappa shape index (κ2) is 8.12. The lowest BCUT2D eigenvalue weighted by atomic mass is 10.0. The van der Waals surface area contributed by atoms with Crippen LogP contribution in [0.4, 0.5) is 0 Å². The van der Waals surface area contributed by atoms with Gasteiger partial charge in [0.05, 0.1) is 6.10 Å². The molecule has 6 nitrogen and oxygen atoms in total. The smallest absolute Gasteiger partial charge is 0.351 e. The van der Waals surface area contributed by atoms with Gasteiger partial charge in [0.25, 0.3) is 0 Å². The van der Waals surface area contributed by atoms with Gasteiger partial charge in [-0.1, -0.05) is 42.5 Å².